The van der Waals surface area contributed by atoms with Gasteiger partial charge in [-0.15, -0.1) is 0 Å². The van der Waals surface area contributed by atoms with E-state index in [9.17, 15) is 18.8 Å². The van der Waals surface area contributed by atoms with E-state index in [4.69, 9.17) is 18.9 Å². The molecule has 37 heavy (non-hydrogen) atoms. The molecule has 0 spiro atoms. The Bertz CT molecular complexity index is 880. The number of rotatable bonds is 11. The fraction of sp³-hybridized carbons (Fsp3) is 0.679. The third-order valence-electron chi connectivity index (χ3n) is 4.68. The van der Waals surface area contributed by atoms with E-state index < -0.39 is 53.5 Å². The minimum Gasteiger partial charge on any atom is -0.491 e. The zero-order valence-electron chi connectivity index (χ0n) is 23.7. The van der Waals surface area contributed by atoms with Crippen molar-refractivity contribution in [2.24, 2.45) is 5.92 Å². The molecular weight excluding hydrogens is 481 g/mol. The van der Waals surface area contributed by atoms with Crippen molar-refractivity contribution in [1.29, 1.82) is 0 Å². The molecule has 1 N–H and O–H groups in total. The average Bonchev–Trinajstić information content (AvgIpc) is 2.71. The largest absolute Gasteiger partial charge is 0.491 e. The van der Waals surface area contributed by atoms with Gasteiger partial charge in [0, 0.05) is 0 Å². The van der Waals surface area contributed by atoms with Crippen LogP contribution in [0.4, 0.5) is 9.18 Å². The summed E-state index contributed by atoms with van der Waals surface area (Å²) >= 11 is 0. The Labute approximate surface area is 220 Å². The number of hydrogen-bond donors (Lipinski definition) is 1. The predicted molar refractivity (Wildman–Crippen MR) is 139 cm³/mol. The quantitative estimate of drug-likeness (QED) is 0.299. The number of carbonyl (C=O) groups excluding carboxylic acids is 3. The molecule has 2 atom stereocenters. The van der Waals surface area contributed by atoms with Crippen LogP contribution >= 0.6 is 0 Å². The van der Waals surface area contributed by atoms with E-state index >= 15 is 0 Å². The standard InChI is InChI=1S/C28H44FNO7/c1-26(2,3)35-23(31)20(18-19-10-13-21(14-11-19)34-17-16-29)12-15-22(24(32)36-27(4,5)6)30-25(33)37-28(7,8)9/h10-11,13-14,20,22H,12,15-18H2,1-9H3,(H,30,33)/t20?,22-/m1/s1. The molecule has 0 aromatic heterocycles. The lowest BCUT2D eigenvalue weighted by atomic mass is 9.92. The van der Waals surface area contributed by atoms with Crippen molar-refractivity contribution in [3.63, 3.8) is 0 Å². The van der Waals surface area contributed by atoms with Crippen molar-refractivity contribution < 1.29 is 37.7 Å². The van der Waals surface area contributed by atoms with Crippen molar-refractivity contribution >= 4 is 18.0 Å². The Kier molecular flexibility index (Phi) is 11.9. The Morgan fingerprint density at radius 2 is 1.30 bits per heavy atom. The van der Waals surface area contributed by atoms with Crippen molar-refractivity contribution in [2.45, 2.75) is 104 Å². The first-order valence-corrected chi connectivity index (χ1v) is 12.6. The SMILES string of the molecule is CC(C)(C)OC(=O)N[C@H](CCC(Cc1ccc(OCCF)cc1)C(=O)OC(C)(C)C)C(=O)OC(C)(C)C. The summed E-state index contributed by atoms with van der Waals surface area (Å²) in [5, 5.41) is 2.59. The molecule has 0 saturated heterocycles. The smallest absolute Gasteiger partial charge is 0.408 e. The number of benzene rings is 1. The maximum Gasteiger partial charge on any atom is 0.408 e. The molecule has 0 aliphatic carbocycles. The molecule has 1 aromatic carbocycles. The van der Waals surface area contributed by atoms with E-state index in [2.05, 4.69) is 5.32 Å². The molecule has 9 heteroatoms. The topological polar surface area (TPSA) is 100 Å². The highest BCUT2D eigenvalue weighted by Crippen LogP contribution is 2.23. The predicted octanol–water partition coefficient (Wildman–Crippen LogP) is 5.55. The molecule has 210 valence electrons. The minimum atomic E-state index is -1.02. The minimum absolute atomic E-state index is 0.0312. The van der Waals surface area contributed by atoms with Crippen molar-refractivity contribution in [3.05, 3.63) is 29.8 Å². The van der Waals surface area contributed by atoms with Gasteiger partial charge in [-0.1, -0.05) is 12.1 Å². The number of esters is 2. The molecule has 0 aliphatic rings. The summed E-state index contributed by atoms with van der Waals surface area (Å²) in [6.45, 7) is 15.1. The lowest BCUT2D eigenvalue weighted by Crippen LogP contribution is -2.46. The number of alkyl halides is 1. The lowest BCUT2D eigenvalue weighted by Gasteiger charge is -2.28. The number of hydrogen-bond acceptors (Lipinski definition) is 7. The van der Waals surface area contributed by atoms with Crippen molar-refractivity contribution in [2.75, 3.05) is 13.3 Å². The summed E-state index contributed by atoms with van der Waals surface area (Å²) in [5.41, 5.74) is -1.36. The number of halogens is 1. The van der Waals surface area contributed by atoms with E-state index in [0.29, 0.717) is 12.2 Å². The monoisotopic (exact) mass is 525 g/mol. The van der Waals surface area contributed by atoms with Gasteiger partial charge in [0.2, 0.25) is 0 Å². The van der Waals surface area contributed by atoms with Crippen LogP contribution in [0.15, 0.2) is 24.3 Å². The van der Waals surface area contributed by atoms with Gasteiger partial charge in [-0.05, 0) is 99.3 Å². The van der Waals surface area contributed by atoms with E-state index in [1.807, 2.05) is 0 Å². The summed E-state index contributed by atoms with van der Waals surface area (Å²) in [4.78, 5) is 38.4. The Hall–Kier alpha value is -2.84. The second-order valence-corrected chi connectivity index (χ2v) is 11.9. The first-order valence-electron chi connectivity index (χ1n) is 12.6. The highest BCUT2D eigenvalue weighted by Gasteiger charge is 2.32. The van der Waals surface area contributed by atoms with Crippen LogP contribution in [-0.2, 0) is 30.2 Å². The van der Waals surface area contributed by atoms with Crippen LogP contribution in [0.2, 0.25) is 0 Å². The first kappa shape index (κ1) is 32.2. The Balaban J connectivity index is 3.08. The number of amides is 1. The molecule has 0 radical (unpaired) electrons. The summed E-state index contributed by atoms with van der Waals surface area (Å²) in [6, 6.07) is 6.01. The third-order valence-corrected chi connectivity index (χ3v) is 4.68. The maximum atomic E-state index is 13.1. The Morgan fingerprint density at radius 1 is 0.784 bits per heavy atom. The normalized spacial score (nSPS) is 13.8. The van der Waals surface area contributed by atoms with E-state index in [1.54, 1.807) is 86.6 Å². The number of ether oxygens (including phenoxy) is 4. The van der Waals surface area contributed by atoms with Crippen LogP contribution in [0.5, 0.6) is 5.75 Å². The Morgan fingerprint density at radius 3 is 1.78 bits per heavy atom. The maximum absolute atomic E-state index is 13.1. The molecule has 0 saturated carbocycles. The third kappa shape index (κ3) is 14.5. The van der Waals surface area contributed by atoms with Crippen LogP contribution in [0.25, 0.3) is 0 Å². The summed E-state index contributed by atoms with van der Waals surface area (Å²) in [5.74, 6) is -1.09. The van der Waals surface area contributed by atoms with Gasteiger partial charge in [0.15, 0.2) is 0 Å². The van der Waals surface area contributed by atoms with Crippen LogP contribution in [0.1, 0.15) is 80.7 Å². The molecule has 0 heterocycles. The van der Waals surface area contributed by atoms with Crippen LogP contribution in [0, 0.1) is 5.92 Å². The molecule has 1 aromatic rings. The molecule has 8 nitrogen and oxygen atoms in total. The lowest BCUT2D eigenvalue weighted by molar-refractivity contribution is -0.162. The fourth-order valence-electron chi connectivity index (χ4n) is 3.29. The van der Waals surface area contributed by atoms with Crippen LogP contribution in [-0.4, -0.2) is 54.2 Å². The summed E-state index contributed by atoms with van der Waals surface area (Å²) in [7, 11) is 0. The fourth-order valence-corrected chi connectivity index (χ4v) is 3.29. The van der Waals surface area contributed by atoms with E-state index in [-0.39, 0.29) is 19.4 Å². The van der Waals surface area contributed by atoms with Crippen molar-refractivity contribution in [1.82, 2.24) is 5.32 Å². The molecular formula is C28H44FNO7. The van der Waals surface area contributed by atoms with Gasteiger partial charge in [0.25, 0.3) is 0 Å². The zero-order chi connectivity index (χ0) is 28.4. The summed E-state index contributed by atoms with van der Waals surface area (Å²) in [6.07, 6.45) is -0.0305. The molecule has 1 amide bonds. The molecule has 0 aliphatic heterocycles. The van der Waals surface area contributed by atoms with Crippen molar-refractivity contribution in [3.8, 4) is 5.75 Å². The van der Waals surface area contributed by atoms with E-state index in [1.165, 1.54) is 0 Å². The second kappa shape index (κ2) is 13.6. The van der Waals surface area contributed by atoms with E-state index in [0.717, 1.165) is 5.56 Å². The highest BCUT2D eigenvalue weighted by molar-refractivity contribution is 5.82. The molecule has 0 bridgehead atoms. The summed E-state index contributed by atoms with van der Waals surface area (Å²) < 4.78 is 34.1. The number of carbonyl (C=O) groups is 3. The van der Waals surface area contributed by atoms with Gasteiger partial charge in [-0.3, -0.25) is 4.79 Å². The van der Waals surface area contributed by atoms with Gasteiger partial charge in [-0.25, -0.2) is 14.0 Å². The zero-order valence-corrected chi connectivity index (χ0v) is 23.7. The molecule has 1 rings (SSSR count). The van der Waals surface area contributed by atoms with Gasteiger partial charge in [0.1, 0.15) is 41.9 Å². The van der Waals surface area contributed by atoms with Crippen LogP contribution in [0.3, 0.4) is 0 Å². The van der Waals surface area contributed by atoms with Gasteiger partial charge < -0.3 is 24.3 Å². The van der Waals surface area contributed by atoms with Crippen LogP contribution < -0.4 is 10.1 Å². The highest BCUT2D eigenvalue weighted by atomic mass is 19.1. The van der Waals surface area contributed by atoms with Gasteiger partial charge in [-0.2, -0.15) is 0 Å². The number of nitrogens with one attached hydrogen (secondary N) is 1. The first-order chi connectivity index (χ1) is 16.9. The molecule has 0 fully saturated rings. The average molecular weight is 526 g/mol. The second-order valence-electron chi connectivity index (χ2n) is 11.9. The van der Waals surface area contributed by atoms with Gasteiger partial charge in [0.05, 0.1) is 5.92 Å². The number of alkyl carbamates (subject to hydrolysis) is 1. The molecule has 1 unspecified atom stereocenters. The van der Waals surface area contributed by atoms with Gasteiger partial charge >= 0.3 is 18.0 Å².